The number of nitrogens with one attached hydrogen (secondary N) is 1. The molecular weight excluding hydrogens is 386 g/mol. The van der Waals surface area contributed by atoms with Gasteiger partial charge in [0.05, 0.1) is 17.6 Å². The third-order valence-corrected chi connectivity index (χ3v) is 7.67. The van der Waals surface area contributed by atoms with E-state index in [-0.39, 0.29) is 29.2 Å². The van der Waals surface area contributed by atoms with Crippen LogP contribution in [0.2, 0.25) is 0 Å². The number of amides is 1. The molecule has 1 aromatic carbocycles. The Bertz CT molecular complexity index is 1030. The number of carbonyl (C=O) groups excluding carboxylic acids is 1. The monoisotopic (exact) mass is 403 g/mol. The molecule has 0 bridgehead atoms. The molecular formula is C18H17N3O4S2. The summed E-state index contributed by atoms with van der Waals surface area (Å²) in [5.74, 6) is 0.220. The van der Waals surface area contributed by atoms with Gasteiger partial charge in [0.15, 0.2) is 5.76 Å². The maximum Gasteiger partial charge on any atom is 0.253 e. The van der Waals surface area contributed by atoms with Gasteiger partial charge in [0.2, 0.25) is 5.91 Å². The summed E-state index contributed by atoms with van der Waals surface area (Å²) in [4.78, 5) is 12.8. The zero-order chi connectivity index (χ0) is 18.9. The molecule has 140 valence electrons. The van der Waals surface area contributed by atoms with Crippen LogP contribution in [0.1, 0.15) is 5.56 Å². The van der Waals surface area contributed by atoms with Gasteiger partial charge >= 0.3 is 0 Å². The third kappa shape index (κ3) is 3.80. The predicted molar refractivity (Wildman–Crippen MR) is 101 cm³/mol. The first kappa shape index (κ1) is 17.9. The minimum atomic E-state index is -3.76. The number of thiophene rings is 1. The van der Waals surface area contributed by atoms with Crippen LogP contribution in [0.15, 0.2) is 63.5 Å². The van der Waals surface area contributed by atoms with Crippen LogP contribution in [-0.2, 0) is 21.2 Å². The second-order valence-electron chi connectivity index (χ2n) is 6.25. The molecule has 0 radical (unpaired) electrons. The SMILES string of the molecule is O=C1CN(S(=O)(=O)c2ccc(-c3ccno3)s2)C[C@H](Cc2ccccc2)N1. The zero-order valence-electron chi connectivity index (χ0n) is 14.2. The fourth-order valence-corrected chi connectivity index (χ4v) is 5.91. The lowest BCUT2D eigenvalue weighted by Crippen LogP contribution is -2.56. The van der Waals surface area contributed by atoms with Crippen molar-refractivity contribution in [3.8, 4) is 10.6 Å². The second-order valence-corrected chi connectivity index (χ2v) is 9.50. The van der Waals surface area contributed by atoms with E-state index in [2.05, 4.69) is 10.5 Å². The van der Waals surface area contributed by atoms with Gasteiger partial charge in [-0.15, -0.1) is 11.3 Å². The summed E-state index contributed by atoms with van der Waals surface area (Å²) in [7, 11) is -3.76. The number of nitrogens with zero attached hydrogens (tertiary/aromatic N) is 2. The highest BCUT2D eigenvalue weighted by atomic mass is 32.2. The Morgan fingerprint density at radius 3 is 2.74 bits per heavy atom. The number of benzene rings is 1. The van der Waals surface area contributed by atoms with Gasteiger partial charge in [-0.2, -0.15) is 4.31 Å². The van der Waals surface area contributed by atoms with Crippen LogP contribution in [-0.4, -0.2) is 42.9 Å². The zero-order valence-corrected chi connectivity index (χ0v) is 15.9. The number of piperazine rings is 1. The molecule has 1 saturated heterocycles. The lowest BCUT2D eigenvalue weighted by Gasteiger charge is -2.32. The number of aromatic nitrogens is 1. The van der Waals surface area contributed by atoms with E-state index < -0.39 is 10.0 Å². The highest BCUT2D eigenvalue weighted by Gasteiger charge is 2.34. The van der Waals surface area contributed by atoms with Crippen molar-refractivity contribution in [2.75, 3.05) is 13.1 Å². The maximum absolute atomic E-state index is 13.0. The maximum atomic E-state index is 13.0. The largest absolute Gasteiger partial charge is 0.355 e. The first-order chi connectivity index (χ1) is 13.0. The molecule has 9 heteroatoms. The summed E-state index contributed by atoms with van der Waals surface area (Å²) in [6.07, 6.45) is 2.08. The Labute approximate surface area is 160 Å². The highest BCUT2D eigenvalue weighted by Crippen LogP contribution is 2.32. The average Bonchev–Trinajstić information content (AvgIpc) is 3.34. The van der Waals surface area contributed by atoms with Crippen molar-refractivity contribution in [2.24, 2.45) is 0 Å². The van der Waals surface area contributed by atoms with Gasteiger partial charge in [-0.1, -0.05) is 35.5 Å². The van der Waals surface area contributed by atoms with E-state index in [0.717, 1.165) is 16.9 Å². The van der Waals surface area contributed by atoms with Crippen LogP contribution in [0.5, 0.6) is 0 Å². The van der Waals surface area contributed by atoms with Crippen LogP contribution in [0.3, 0.4) is 0 Å². The van der Waals surface area contributed by atoms with E-state index in [1.807, 2.05) is 30.3 Å². The Morgan fingerprint density at radius 1 is 1.19 bits per heavy atom. The smallest absolute Gasteiger partial charge is 0.253 e. The first-order valence-corrected chi connectivity index (χ1v) is 10.6. The molecule has 0 saturated carbocycles. The van der Waals surface area contributed by atoms with Crippen molar-refractivity contribution in [1.82, 2.24) is 14.8 Å². The average molecular weight is 403 g/mol. The second kappa shape index (κ2) is 7.26. The fraction of sp³-hybridized carbons (Fsp3) is 0.222. The number of hydrogen-bond acceptors (Lipinski definition) is 6. The van der Waals surface area contributed by atoms with E-state index in [4.69, 9.17) is 4.52 Å². The molecule has 0 spiro atoms. The van der Waals surface area contributed by atoms with Gasteiger partial charge in [0.25, 0.3) is 10.0 Å². The van der Waals surface area contributed by atoms with E-state index in [9.17, 15) is 13.2 Å². The molecule has 3 heterocycles. The molecule has 3 aromatic rings. The summed E-state index contributed by atoms with van der Waals surface area (Å²) < 4.78 is 32.6. The normalized spacial score (nSPS) is 18.4. The standard InChI is InChI=1S/C18H17N3O4S2/c22-17-12-21(11-14(20-17)10-13-4-2-1-3-5-13)27(23,24)18-7-6-16(26-18)15-8-9-19-25-15/h1-9,14H,10-12H2,(H,20,22)/t14-/m0/s1. The van der Waals surface area contributed by atoms with E-state index in [1.54, 1.807) is 12.1 Å². The molecule has 1 fully saturated rings. The van der Waals surface area contributed by atoms with Gasteiger partial charge in [-0.05, 0) is 24.1 Å². The van der Waals surface area contributed by atoms with Crippen LogP contribution in [0.4, 0.5) is 0 Å². The number of sulfonamides is 1. The minimum absolute atomic E-state index is 0.177. The summed E-state index contributed by atoms with van der Waals surface area (Å²) in [6, 6.07) is 14.3. The fourth-order valence-electron chi connectivity index (χ4n) is 3.05. The van der Waals surface area contributed by atoms with Gasteiger partial charge < -0.3 is 9.84 Å². The molecule has 4 rings (SSSR count). The molecule has 0 aliphatic carbocycles. The minimum Gasteiger partial charge on any atom is -0.355 e. The number of hydrogen-bond donors (Lipinski definition) is 1. The van der Waals surface area contributed by atoms with Crippen molar-refractivity contribution < 1.29 is 17.7 Å². The Hall–Kier alpha value is -2.49. The Balaban J connectivity index is 1.54. The molecule has 1 aliphatic heterocycles. The molecule has 7 nitrogen and oxygen atoms in total. The van der Waals surface area contributed by atoms with Gasteiger partial charge in [-0.25, -0.2) is 8.42 Å². The molecule has 0 unspecified atom stereocenters. The molecule has 27 heavy (non-hydrogen) atoms. The van der Waals surface area contributed by atoms with Crippen molar-refractivity contribution in [1.29, 1.82) is 0 Å². The molecule has 1 atom stereocenters. The molecule has 1 aliphatic rings. The first-order valence-electron chi connectivity index (χ1n) is 8.37. The van der Waals surface area contributed by atoms with Gasteiger partial charge in [-0.3, -0.25) is 4.79 Å². The van der Waals surface area contributed by atoms with Crippen molar-refractivity contribution in [2.45, 2.75) is 16.7 Å². The lowest BCUT2D eigenvalue weighted by molar-refractivity contribution is -0.123. The number of carbonyl (C=O) groups is 1. The van der Waals surface area contributed by atoms with Crippen molar-refractivity contribution >= 4 is 27.3 Å². The number of rotatable bonds is 5. The molecule has 1 amide bonds. The summed E-state index contributed by atoms with van der Waals surface area (Å²) in [5, 5.41) is 6.52. The van der Waals surface area contributed by atoms with E-state index in [0.29, 0.717) is 17.1 Å². The summed E-state index contributed by atoms with van der Waals surface area (Å²) in [6.45, 7) is 0.0572. The van der Waals surface area contributed by atoms with Crippen LogP contribution in [0, 0.1) is 0 Å². The van der Waals surface area contributed by atoms with E-state index in [1.165, 1.54) is 16.6 Å². The molecule has 1 N–H and O–H groups in total. The predicted octanol–water partition coefficient (Wildman–Crippen LogP) is 2.13. The third-order valence-electron chi connectivity index (χ3n) is 4.29. The van der Waals surface area contributed by atoms with Crippen LogP contribution in [0.25, 0.3) is 10.6 Å². The Morgan fingerprint density at radius 2 is 2.00 bits per heavy atom. The molecule has 2 aromatic heterocycles. The van der Waals surface area contributed by atoms with Gasteiger partial charge in [0.1, 0.15) is 4.21 Å². The van der Waals surface area contributed by atoms with Crippen molar-refractivity contribution in [3.05, 3.63) is 60.3 Å². The van der Waals surface area contributed by atoms with Gasteiger partial charge in [0, 0.05) is 18.7 Å². The highest BCUT2D eigenvalue weighted by molar-refractivity contribution is 7.91. The van der Waals surface area contributed by atoms with Crippen molar-refractivity contribution in [3.63, 3.8) is 0 Å². The topological polar surface area (TPSA) is 92.5 Å². The lowest BCUT2D eigenvalue weighted by atomic mass is 10.0. The van der Waals surface area contributed by atoms with Crippen LogP contribution < -0.4 is 5.32 Å². The Kier molecular flexibility index (Phi) is 4.81. The summed E-state index contributed by atoms with van der Waals surface area (Å²) in [5.41, 5.74) is 1.05. The summed E-state index contributed by atoms with van der Waals surface area (Å²) >= 11 is 1.10. The quantitative estimate of drug-likeness (QED) is 0.705. The van der Waals surface area contributed by atoms with E-state index >= 15 is 0 Å². The van der Waals surface area contributed by atoms with Crippen LogP contribution >= 0.6 is 11.3 Å².